The van der Waals surface area contributed by atoms with Crippen molar-refractivity contribution in [3.8, 4) is 16.9 Å². The van der Waals surface area contributed by atoms with Crippen LogP contribution in [0.3, 0.4) is 0 Å². The van der Waals surface area contributed by atoms with Crippen LogP contribution in [0, 0.1) is 5.82 Å². The Bertz CT molecular complexity index is 1380. The minimum Gasteiger partial charge on any atom is -0.489 e. The van der Waals surface area contributed by atoms with Gasteiger partial charge in [-0.05, 0) is 18.6 Å². The number of rotatable bonds is 4. The smallest absolute Gasteiger partial charge is 0.435 e. The summed E-state index contributed by atoms with van der Waals surface area (Å²) < 4.78 is 63.2. The SMILES string of the molecule is Cn1cc(-c2cnc(NCc3c(F)ccc4c3[C@H]3CC3O4)n3cnnc23)c(C(F)(F)F)n1. The van der Waals surface area contributed by atoms with Crippen LogP contribution in [-0.4, -0.2) is 35.5 Å². The zero-order valence-electron chi connectivity index (χ0n) is 16.6. The van der Waals surface area contributed by atoms with Crippen molar-refractivity contribution in [3.63, 3.8) is 0 Å². The fraction of sp³-hybridized carbons (Fsp3) is 0.300. The van der Waals surface area contributed by atoms with E-state index in [-0.39, 0.29) is 47.1 Å². The normalized spacial score (nSPS) is 19.0. The van der Waals surface area contributed by atoms with Crippen molar-refractivity contribution in [2.24, 2.45) is 7.05 Å². The number of hydrogen-bond acceptors (Lipinski definition) is 6. The van der Waals surface area contributed by atoms with Gasteiger partial charge >= 0.3 is 6.18 Å². The fourth-order valence-electron chi connectivity index (χ4n) is 4.28. The van der Waals surface area contributed by atoms with Crippen LogP contribution in [0.1, 0.15) is 29.2 Å². The third-order valence-electron chi connectivity index (χ3n) is 5.78. The first-order chi connectivity index (χ1) is 15.3. The number of halogens is 4. The maximum absolute atomic E-state index is 14.6. The molecule has 1 aliphatic carbocycles. The highest BCUT2D eigenvalue weighted by atomic mass is 19.4. The average Bonchev–Trinajstić information content (AvgIpc) is 3.10. The number of nitrogens with zero attached hydrogens (tertiary/aromatic N) is 6. The zero-order chi connectivity index (χ0) is 22.2. The maximum Gasteiger partial charge on any atom is 0.435 e. The van der Waals surface area contributed by atoms with Gasteiger partial charge in [0.05, 0.1) is 0 Å². The standard InChI is InChI=1S/C20H15F4N7O/c1-30-7-12(17(29-30)20(22,23)24)10-5-25-19(31-8-27-28-18(10)31)26-6-11-13(21)2-3-14-16(11)9-4-15(9)32-14/h2-3,5,7-9,15H,4,6H2,1H3,(H,25,26)/t9-,15?/m0/s1. The summed E-state index contributed by atoms with van der Waals surface area (Å²) >= 11 is 0. The van der Waals surface area contributed by atoms with E-state index in [4.69, 9.17) is 4.74 Å². The summed E-state index contributed by atoms with van der Waals surface area (Å²) in [4.78, 5) is 4.27. The van der Waals surface area contributed by atoms with Crippen LogP contribution >= 0.6 is 0 Å². The van der Waals surface area contributed by atoms with E-state index >= 15 is 0 Å². The van der Waals surface area contributed by atoms with Gasteiger partial charge in [0.25, 0.3) is 0 Å². The van der Waals surface area contributed by atoms with Gasteiger partial charge in [-0.15, -0.1) is 10.2 Å². The van der Waals surface area contributed by atoms with E-state index in [9.17, 15) is 17.6 Å². The van der Waals surface area contributed by atoms with E-state index < -0.39 is 11.9 Å². The minimum atomic E-state index is -4.64. The highest BCUT2D eigenvalue weighted by Gasteiger charge is 2.49. The molecule has 1 N–H and O–H groups in total. The molecule has 1 fully saturated rings. The second kappa shape index (κ2) is 6.40. The Hall–Kier alpha value is -3.70. The van der Waals surface area contributed by atoms with Crippen LogP contribution in [0.2, 0.25) is 0 Å². The van der Waals surface area contributed by atoms with Crippen molar-refractivity contribution in [2.45, 2.75) is 31.2 Å². The van der Waals surface area contributed by atoms with Crippen LogP contribution < -0.4 is 10.1 Å². The predicted molar refractivity (Wildman–Crippen MR) is 103 cm³/mol. The Morgan fingerprint density at radius 1 is 1.25 bits per heavy atom. The second-order valence-corrected chi connectivity index (χ2v) is 7.87. The van der Waals surface area contributed by atoms with Gasteiger partial charge in [0, 0.05) is 54.2 Å². The molecule has 4 heterocycles. The molecule has 2 aliphatic rings. The summed E-state index contributed by atoms with van der Waals surface area (Å²) in [7, 11) is 1.41. The highest BCUT2D eigenvalue weighted by Crippen LogP contribution is 2.55. The number of aromatic nitrogens is 6. The summed E-state index contributed by atoms with van der Waals surface area (Å²) in [5.41, 5.74) is 0.476. The average molecular weight is 445 g/mol. The van der Waals surface area contributed by atoms with Crippen LogP contribution in [-0.2, 0) is 19.8 Å². The Morgan fingerprint density at radius 2 is 2.09 bits per heavy atom. The number of ether oxygens (including phenoxy) is 1. The molecule has 1 unspecified atom stereocenters. The van der Waals surface area contributed by atoms with Crippen LogP contribution in [0.5, 0.6) is 5.75 Å². The predicted octanol–water partition coefficient (Wildman–Crippen LogP) is 3.54. The monoisotopic (exact) mass is 445 g/mol. The van der Waals surface area contributed by atoms with Crippen LogP contribution in [0.25, 0.3) is 16.8 Å². The third-order valence-corrected chi connectivity index (χ3v) is 5.78. The zero-order valence-corrected chi connectivity index (χ0v) is 16.6. The van der Waals surface area contributed by atoms with Gasteiger partial charge in [-0.3, -0.25) is 9.08 Å². The summed E-state index contributed by atoms with van der Waals surface area (Å²) in [5, 5.41) is 14.4. The molecule has 1 aromatic carbocycles. The fourth-order valence-corrected chi connectivity index (χ4v) is 4.28. The molecule has 3 aromatic heterocycles. The van der Waals surface area contributed by atoms with Crippen molar-refractivity contribution in [1.29, 1.82) is 0 Å². The number of hydrogen-bond donors (Lipinski definition) is 1. The molecule has 0 bridgehead atoms. The molecular formula is C20H15F4N7O. The van der Waals surface area contributed by atoms with E-state index in [1.54, 1.807) is 6.07 Å². The molecule has 8 nitrogen and oxygen atoms in total. The highest BCUT2D eigenvalue weighted by molar-refractivity contribution is 5.79. The van der Waals surface area contributed by atoms with E-state index in [1.807, 2.05) is 0 Å². The Morgan fingerprint density at radius 3 is 2.91 bits per heavy atom. The lowest BCUT2D eigenvalue weighted by atomic mass is 10.0. The van der Waals surface area contributed by atoms with Gasteiger partial charge < -0.3 is 10.1 Å². The lowest BCUT2D eigenvalue weighted by Gasteiger charge is -2.14. The second-order valence-electron chi connectivity index (χ2n) is 7.87. The summed E-state index contributed by atoms with van der Waals surface area (Å²) in [6.45, 7) is 0.127. The quantitative estimate of drug-likeness (QED) is 0.484. The van der Waals surface area contributed by atoms with Gasteiger partial charge in [0.1, 0.15) is 24.0 Å². The topological polar surface area (TPSA) is 82.2 Å². The Kier molecular flexibility index (Phi) is 3.81. The molecule has 0 saturated heterocycles. The van der Waals surface area contributed by atoms with Gasteiger partial charge in [0.2, 0.25) is 5.95 Å². The van der Waals surface area contributed by atoms with E-state index in [0.717, 1.165) is 16.7 Å². The van der Waals surface area contributed by atoms with Crippen molar-refractivity contribution in [1.82, 2.24) is 29.4 Å². The van der Waals surface area contributed by atoms with Crippen LogP contribution in [0.15, 0.2) is 30.9 Å². The molecule has 1 aliphatic heterocycles. The number of nitrogens with one attached hydrogen (secondary N) is 1. The van der Waals surface area contributed by atoms with E-state index in [1.165, 1.54) is 36.2 Å². The van der Waals surface area contributed by atoms with Gasteiger partial charge in [-0.1, -0.05) is 0 Å². The molecule has 0 spiro atoms. The third kappa shape index (κ3) is 2.82. The molecule has 164 valence electrons. The number of anilines is 1. The molecule has 0 amide bonds. The minimum absolute atomic E-state index is 0.120. The first-order valence-electron chi connectivity index (χ1n) is 9.83. The molecule has 0 radical (unpaired) electrons. The first-order valence-corrected chi connectivity index (χ1v) is 9.83. The number of fused-ring (bicyclic) bond motifs is 4. The molecule has 6 rings (SSSR count). The van der Waals surface area contributed by atoms with Crippen molar-refractivity contribution < 1.29 is 22.3 Å². The van der Waals surface area contributed by atoms with Crippen molar-refractivity contribution in [3.05, 3.63) is 53.5 Å². The molecule has 2 atom stereocenters. The number of benzene rings is 1. The lowest BCUT2D eigenvalue weighted by molar-refractivity contribution is -0.140. The molecule has 4 aromatic rings. The van der Waals surface area contributed by atoms with Crippen molar-refractivity contribution in [2.75, 3.05) is 5.32 Å². The number of aryl methyl sites for hydroxylation is 1. The summed E-state index contributed by atoms with van der Waals surface area (Å²) in [6.07, 6.45) is 0.233. The molecule has 12 heteroatoms. The summed E-state index contributed by atoms with van der Waals surface area (Å²) in [5.74, 6) is 0.816. The largest absolute Gasteiger partial charge is 0.489 e. The maximum atomic E-state index is 14.6. The van der Waals surface area contributed by atoms with Gasteiger partial charge in [-0.25, -0.2) is 9.37 Å². The Labute approximate surface area is 177 Å². The molecule has 1 saturated carbocycles. The van der Waals surface area contributed by atoms with Gasteiger partial charge in [0.15, 0.2) is 11.3 Å². The van der Waals surface area contributed by atoms with Crippen LogP contribution in [0.4, 0.5) is 23.5 Å². The summed E-state index contributed by atoms with van der Waals surface area (Å²) in [6, 6.07) is 3.00. The number of alkyl halides is 3. The van der Waals surface area contributed by atoms with E-state index in [2.05, 4.69) is 25.6 Å². The Balaban J connectivity index is 1.37. The molecule has 32 heavy (non-hydrogen) atoms. The first kappa shape index (κ1) is 19.0. The lowest BCUT2D eigenvalue weighted by Crippen LogP contribution is -2.11. The molecular weight excluding hydrogens is 430 g/mol. The van der Waals surface area contributed by atoms with Gasteiger partial charge in [-0.2, -0.15) is 18.3 Å². The van der Waals surface area contributed by atoms with Crippen molar-refractivity contribution >= 4 is 11.6 Å². The van der Waals surface area contributed by atoms with E-state index in [0.29, 0.717) is 11.3 Å².